The zero-order valence-corrected chi connectivity index (χ0v) is 11.0. The van der Waals surface area contributed by atoms with Crippen molar-refractivity contribution in [2.75, 3.05) is 19.7 Å². The number of hydrogen-bond donors (Lipinski definition) is 0. The fourth-order valence-corrected chi connectivity index (χ4v) is 1.85. The molecule has 0 N–H and O–H groups in total. The van der Waals surface area contributed by atoms with E-state index in [9.17, 15) is 0 Å². The molecule has 82 valence electrons. The minimum atomic E-state index is 0.0554. The van der Waals surface area contributed by atoms with Crippen LogP contribution in [0.25, 0.3) is 0 Å². The Labute approximate surface area is 97.6 Å². The standard InChI is InChI=1S/C10H19NOS2/c1-5-11(6-2)9(13)8(4)10(14)12-7-3/h8H,5-7H2,1-4H3. The summed E-state index contributed by atoms with van der Waals surface area (Å²) in [5, 5.41) is 0.601. The molecular weight excluding hydrogens is 214 g/mol. The summed E-state index contributed by atoms with van der Waals surface area (Å²) in [4.78, 5) is 3.01. The average molecular weight is 233 g/mol. The molecule has 2 nitrogen and oxygen atoms in total. The van der Waals surface area contributed by atoms with E-state index in [2.05, 4.69) is 18.7 Å². The summed E-state index contributed by atoms with van der Waals surface area (Å²) >= 11 is 10.5. The lowest BCUT2D eigenvalue weighted by Gasteiger charge is -2.26. The summed E-state index contributed by atoms with van der Waals surface area (Å²) in [5.41, 5.74) is 0. The van der Waals surface area contributed by atoms with E-state index in [1.54, 1.807) is 0 Å². The largest absolute Gasteiger partial charge is 0.487 e. The van der Waals surface area contributed by atoms with Crippen molar-refractivity contribution in [2.45, 2.75) is 27.7 Å². The average Bonchev–Trinajstić information content (AvgIpc) is 2.18. The Bertz CT molecular complexity index is 202. The van der Waals surface area contributed by atoms with Crippen LogP contribution in [-0.4, -0.2) is 34.6 Å². The van der Waals surface area contributed by atoms with Crippen LogP contribution in [0.2, 0.25) is 0 Å². The molecule has 0 heterocycles. The predicted octanol–water partition coefficient (Wildman–Crippen LogP) is 2.66. The summed E-state index contributed by atoms with van der Waals surface area (Å²) in [6, 6.07) is 0. The molecule has 0 aromatic rings. The third-order valence-electron chi connectivity index (χ3n) is 2.09. The Morgan fingerprint density at radius 3 is 2.07 bits per heavy atom. The molecule has 0 saturated carbocycles. The lowest BCUT2D eigenvalue weighted by atomic mass is 10.2. The normalized spacial score (nSPS) is 12.0. The van der Waals surface area contributed by atoms with Crippen LogP contribution in [0.4, 0.5) is 0 Å². The van der Waals surface area contributed by atoms with Crippen molar-refractivity contribution in [1.29, 1.82) is 0 Å². The van der Waals surface area contributed by atoms with Crippen molar-refractivity contribution in [3.05, 3.63) is 0 Å². The number of rotatable bonds is 5. The van der Waals surface area contributed by atoms with E-state index < -0.39 is 0 Å². The Hall–Kier alpha value is -0.220. The SMILES string of the molecule is CCOC(=S)C(C)C(=S)N(CC)CC. The lowest BCUT2D eigenvalue weighted by molar-refractivity contribution is 0.319. The Balaban J connectivity index is 4.29. The first-order chi connectivity index (χ1) is 6.58. The predicted molar refractivity (Wildman–Crippen MR) is 68.9 cm³/mol. The van der Waals surface area contributed by atoms with Gasteiger partial charge in [0.2, 0.25) is 0 Å². The molecule has 0 radical (unpaired) electrons. The zero-order valence-electron chi connectivity index (χ0n) is 9.37. The molecule has 0 aromatic carbocycles. The van der Waals surface area contributed by atoms with Crippen LogP contribution in [0.3, 0.4) is 0 Å². The highest BCUT2D eigenvalue weighted by Gasteiger charge is 2.18. The molecule has 0 fully saturated rings. The van der Waals surface area contributed by atoms with E-state index in [0.29, 0.717) is 11.7 Å². The second-order valence-corrected chi connectivity index (χ2v) is 3.80. The van der Waals surface area contributed by atoms with Crippen LogP contribution in [0.15, 0.2) is 0 Å². The van der Waals surface area contributed by atoms with Crippen LogP contribution in [-0.2, 0) is 4.74 Å². The molecule has 0 spiro atoms. The maximum absolute atomic E-state index is 5.35. The van der Waals surface area contributed by atoms with Crippen molar-refractivity contribution in [2.24, 2.45) is 5.92 Å². The van der Waals surface area contributed by atoms with Gasteiger partial charge in [-0.25, -0.2) is 0 Å². The Kier molecular flexibility index (Phi) is 7.01. The van der Waals surface area contributed by atoms with Crippen LogP contribution in [0.5, 0.6) is 0 Å². The molecular formula is C10H19NOS2. The highest BCUT2D eigenvalue weighted by molar-refractivity contribution is 7.82. The third kappa shape index (κ3) is 3.88. The number of ether oxygens (including phenoxy) is 1. The van der Waals surface area contributed by atoms with Gasteiger partial charge in [0.25, 0.3) is 0 Å². The molecule has 0 aliphatic rings. The zero-order chi connectivity index (χ0) is 11.1. The van der Waals surface area contributed by atoms with Crippen LogP contribution in [0.1, 0.15) is 27.7 Å². The van der Waals surface area contributed by atoms with Crippen molar-refractivity contribution >= 4 is 34.5 Å². The molecule has 0 aliphatic carbocycles. The van der Waals surface area contributed by atoms with E-state index in [0.717, 1.165) is 18.1 Å². The van der Waals surface area contributed by atoms with Gasteiger partial charge in [0.15, 0.2) is 5.05 Å². The van der Waals surface area contributed by atoms with Gasteiger partial charge in [-0.3, -0.25) is 0 Å². The fraction of sp³-hybridized carbons (Fsp3) is 0.800. The fourth-order valence-electron chi connectivity index (χ4n) is 1.18. The number of nitrogens with zero attached hydrogens (tertiary/aromatic N) is 1. The van der Waals surface area contributed by atoms with Gasteiger partial charge >= 0.3 is 0 Å². The van der Waals surface area contributed by atoms with Crippen molar-refractivity contribution in [3.63, 3.8) is 0 Å². The quantitative estimate of drug-likeness (QED) is 0.677. The molecule has 0 rings (SSSR count). The molecule has 0 saturated heterocycles. The number of hydrogen-bond acceptors (Lipinski definition) is 3. The lowest BCUT2D eigenvalue weighted by Crippen LogP contribution is -2.36. The van der Waals surface area contributed by atoms with Crippen LogP contribution in [0, 0.1) is 5.92 Å². The summed E-state index contributed by atoms with van der Waals surface area (Å²) in [6.45, 7) is 10.6. The van der Waals surface area contributed by atoms with Gasteiger partial charge in [0, 0.05) is 13.1 Å². The maximum atomic E-state index is 5.35. The van der Waals surface area contributed by atoms with Crippen LogP contribution < -0.4 is 0 Å². The molecule has 0 aromatic heterocycles. The van der Waals surface area contributed by atoms with Gasteiger partial charge in [0.05, 0.1) is 17.5 Å². The van der Waals surface area contributed by atoms with Crippen LogP contribution >= 0.6 is 24.4 Å². The van der Waals surface area contributed by atoms with Gasteiger partial charge in [-0.2, -0.15) is 0 Å². The first-order valence-corrected chi connectivity index (χ1v) is 5.85. The van der Waals surface area contributed by atoms with E-state index >= 15 is 0 Å². The van der Waals surface area contributed by atoms with Gasteiger partial charge < -0.3 is 9.64 Å². The van der Waals surface area contributed by atoms with Crippen molar-refractivity contribution in [3.8, 4) is 0 Å². The smallest absolute Gasteiger partial charge is 0.169 e. The second-order valence-electron chi connectivity index (χ2n) is 2.98. The molecule has 0 aliphatic heterocycles. The molecule has 1 unspecified atom stereocenters. The number of thiocarbonyl (C=S) groups is 2. The van der Waals surface area contributed by atoms with Gasteiger partial charge in [0.1, 0.15) is 0 Å². The van der Waals surface area contributed by atoms with Gasteiger partial charge in [-0.15, -0.1) is 0 Å². The van der Waals surface area contributed by atoms with Crippen molar-refractivity contribution in [1.82, 2.24) is 4.90 Å². The van der Waals surface area contributed by atoms with E-state index in [4.69, 9.17) is 29.2 Å². The Morgan fingerprint density at radius 2 is 1.71 bits per heavy atom. The molecule has 1 atom stereocenters. The van der Waals surface area contributed by atoms with E-state index in [-0.39, 0.29) is 5.92 Å². The summed E-state index contributed by atoms with van der Waals surface area (Å²) in [7, 11) is 0. The van der Waals surface area contributed by atoms with E-state index in [1.165, 1.54) is 0 Å². The summed E-state index contributed by atoms with van der Waals surface area (Å²) in [5.74, 6) is 0.0554. The van der Waals surface area contributed by atoms with E-state index in [1.807, 2.05) is 13.8 Å². The molecule has 4 heteroatoms. The molecule has 0 amide bonds. The first kappa shape index (κ1) is 13.8. The Morgan fingerprint density at radius 1 is 1.21 bits per heavy atom. The minimum Gasteiger partial charge on any atom is -0.487 e. The third-order valence-corrected chi connectivity index (χ3v) is 3.17. The first-order valence-electron chi connectivity index (χ1n) is 5.03. The van der Waals surface area contributed by atoms with Crippen molar-refractivity contribution < 1.29 is 4.74 Å². The highest BCUT2D eigenvalue weighted by Crippen LogP contribution is 2.08. The minimum absolute atomic E-state index is 0.0554. The van der Waals surface area contributed by atoms with Gasteiger partial charge in [-0.05, 0) is 39.9 Å². The summed E-state index contributed by atoms with van der Waals surface area (Å²) < 4.78 is 5.28. The summed E-state index contributed by atoms with van der Waals surface area (Å²) in [6.07, 6.45) is 0. The van der Waals surface area contributed by atoms with Gasteiger partial charge in [-0.1, -0.05) is 12.2 Å². The topological polar surface area (TPSA) is 12.5 Å². The highest BCUT2D eigenvalue weighted by atomic mass is 32.1. The maximum Gasteiger partial charge on any atom is 0.169 e. The molecule has 14 heavy (non-hydrogen) atoms. The second kappa shape index (κ2) is 7.12. The molecule has 0 bridgehead atoms. The monoisotopic (exact) mass is 233 g/mol.